The average molecular weight is 369 g/mol. The Kier molecular flexibility index (Phi) is 4.51. The van der Waals surface area contributed by atoms with Crippen LogP contribution in [0.3, 0.4) is 0 Å². The van der Waals surface area contributed by atoms with Crippen molar-refractivity contribution in [2.45, 2.75) is 25.8 Å². The van der Waals surface area contributed by atoms with E-state index in [9.17, 15) is 9.59 Å². The molecule has 1 atom stereocenters. The summed E-state index contributed by atoms with van der Waals surface area (Å²) in [6, 6.07) is 11.0. The third kappa shape index (κ3) is 3.24. The van der Waals surface area contributed by atoms with E-state index < -0.39 is 0 Å². The summed E-state index contributed by atoms with van der Waals surface area (Å²) in [7, 11) is 0. The van der Waals surface area contributed by atoms with Gasteiger partial charge in [0, 0.05) is 28.9 Å². The molecule has 5 nitrogen and oxygen atoms in total. The zero-order valence-corrected chi connectivity index (χ0v) is 15.3. The second-order valence-electron chi connectivity index (χ2n) is 6.46. The monoisotopic (exact) mass is 369 g/mol. The molecule has 0 aliphatic carbocycles. The van der Waals surface area contributed by atoms with Gasteiger partial charge in [-0.25, -0.2) is 4.79 Å². The number of likely N-dealkylation sites (tertiary alicyclic amines) is 1. The maximum absolute atomic E-state index is 12.6. The van der Waals surface area contributed by atoms with Crippen LogP contribution in [-0.2, 0) is 4.79 Å². The Bertz CT molecular complexity index is 993. The van der Waals surface area contributed by atoms with Gasteiger partial charge in [0.2, 0.25) is 0 Å². The number of carbonyl (C=O) groups is 1. The van der Waals surface area contributed by atoms with E-state index in [0.29, 0.717) is 11.3 Å². The predicted molar refractivity (Wildman–Crippen MR) is 101 cm³/mol. The molecule has 3 heterocycles. The van der Waals surface area contributed by atoms with E-state index in [0.717, 1.165) is 30.3 Å². The maximum atomic E-state index is 12.6. The summed E-state index contributed by atoms with van der Waals surface area (Å²) >= 11 is 1.68. The summed E-state index contributed by atoms with van der Waals surface area (Å²) < 4.78 is 10.9. The number of amides is 1. The normalized spacial score (nSPS) is 17.0. The van der Waals surface area contributed by atoms with Crippen molar-refractivity contribution in [3.8, 4) is 5.75 Å². The zero-order chi connectivity index (χ0) is 18.1. The summed E-state index contributed by atoms with van der Waals surface area (Å²) in [6.07, 6.45) is 2.00. The largest absolute Gasteiger partial charge is 0.484 e. The van der Waals surface area contributed by atoms with Gasteiger partial charge in [-0.15, -0.1) is 11.3 Å². The second-order valence-corrected chi connectivity index (χ2v) is 7.43. The lowest BCUT2D eigenvalue weighted by molar-refractivity contribution is -0.134. The van der Waals surface area contributed by atoms with Crippen molar-refractivity contribution in [3.63, 3.8) is 0 Å². The van der Waals surface area contributed by atoms with Crippen molar-refractivity contribution in [2.24, 2.45) is 0 Å². The van der Waals surface area contributed by atoms with E-state index in [4.69, 9.17) is 9.15 Å². The van der Waals surface area contributed by atoms with Crippen LogP contribution in [0, 0.1) is 6.92 Å². The van der Waals surface area contributed by atoms with Crippen LogP contribution in [0.2, 0.25) is 0 Å². The fourth-order valence-corrected chi connectivity index (χ4v) is 4.34. The van der Waals surface area contributed by atoms with Crippen LogP contribution in [0.5, 0.6) is 5.75 Å². The van der Waals surface area contributed by atoms with E-state index in [1.54, 1.807) is 23.5 Å². The first kappa shape index (κ1) is 16.8. The first-order valence-electron chi connectivity index (χ1n) is 8.62. The van der Waals surface area contributed by atoms with Gasteiger partial charge in [0.05, 0.1) is 6.04 Å². The molecule has 0 saturated carbocycles. The number of fused-ring (bicyclic) bond motifs is 1. The van der Waals surface area contributed by atoms with Gasteiger partial charge >= 0.3 is 5.63 Å². The van der Waals surface area contributed by atoms with Crippen LogP contribution in [0.4, 0.5) is 0 Å². The third-order valence-corrected chi connectivity index (χ3v) is 5.70. The quantitative estimate of drug-likeness (QED) is 0.654. The molecule has 1 fully saturated rings. The molecule has 1 saturated heterocycles. The van der Waals surface area contributed by atoms with Gasteiger partial charge in [0.1, 0.15) is 11.3 Å². The molecule has 134 valence electrons. The van der Waals surface area contributed by atoms with E-state index in [-0.39, 0.29) is 24.2 Å². The number of ether oxygens (including phenoxy) is 1. The highest BCUT2D eigenvalue weighted by atomic mass is 32.1. The van der Waals surface area contributed by atoms with E-state index in [1.807, 2.05) is 29.3 Å². The van der Waals surface area contributed by atoms with Crippen molar-refractivity contribution in [2.75, 3.05) is 13.2 Å². The van der Waals surface area contributed by atoms with Crippen LogP contribution in [0.25, 0.3) is 11.0 Å². The van der Waals surface area contributed by atoms with Crippen LogP contribution < -0.4 is 10.4 Å². The summed E-state index contributed by atoms with van der Waals surface area (Å²) in [4.78, 5) is 27.3. The number of hydrogen-bond donors (Lipinski definition) is 0. The van der Waals surface area contributed by atoms with Crippen LogP contribution in [-0.4, -0.2) is 24.0 Å². The highest BCUT2D eigenvalue weighted by Crippen LogP contribution is 2.34. The Hall–Kier alpha value is -2.60. The molecule has 26 heavy (non-hydrogen) atoms. The second kappa shape index (κ2) is 6.96. The van der Waals surface area contributed by atoms with Crippen molar-refractivity contribution in [1.29, 1.82) is 0 Å². The number of thiophene rings is 1. The molecule has 1 aromatic carbocycles. The molecule has 1 amide bonds. The fourth-order valence-electron chi connectivity index (χ4n) is 3.46. The minimum atomic E-state index is -0.390. The molecular weight excluding hydrogens is 350 g/mol. The molecule has 0 spiro atoms. The summed E-state index contributed by atoms with van der Waals surface area (Å²) in [6.45, 7) is 2.60. The van der Waals surface area contributed by atoms with Crippen molar-refractivity contribution in [1.82, 2.24) is 4.90 Å². The number of hydrogen-bond acceptors (Lipinski definition) is 5. The molecule has 2 aromatic heterocycles. The molecular formula is C20H19NO4S. The Balaban J connectivity index is 1.47. The fraction of sp³-hybridized carbons (Fsp3) is 0.300. The Morgan fingerprint density at radius 2 is 2.23 bits per heavy atom. The van der Waals surface area contributed by atoms with Gasteiger partial charge in [-0.2, -0.15) is 0 Å². The summed E-state index contributed by atoms with van der Waals surface area (Å²) in [5.41, 5.74) is 0.936. The maximum Gasteiger partial charge on any atom is 0.336 e. The predicted octanol–water partition coefficient (Wildman–Crippen LogP) is 3.91. The molecule has 1 aliphatic rings. The average Bonchev–Trinajstić information content (AvgIpc) is 3.30. The molecule has 0 radical (unpaired) electrons. The van der Waals surface area contributed by atoms with Crippen LogP contribution in [0.15, 0.2) is 51.0 Å². The number of rotatable bonds is 4. The zero-order valence-electron chi connectivity index (χ0n) is 14.4. The Morgan fingerprint density at radius 3 is 3.04 bits per heavy atom. The molecule has 6 heteroatoms. The van der Waals surface area contributed by atoms with E-state index in [1.165, 1.54) is 10.9 Å². The smallest absolute Gasteiger partial charge is 0.336 e. The standard InChI is InChI=1S/C20H19NO4S/c1-13-10-20(23)25-17-11-14(6-7-15(13)17)24-12-19(22)21-8-2-4-16(21)18-5-3-9-26-18/h3,5-7,9-11,16H,2,4,8,12H2,1H3/t16-/m1/s1. The first-order chi connectivity index (χ1) is 12.6. The molecule has 4 rings (SSSR count). The van der Waals surface area contributed by atoms with Gasteiger partial charge in [0.15, 0.2) is 6.61 Å². The lowest BCUT2D eigenvalue weighted by atomic mass is 10.1. The van der Waals surface area contributed by atoms with Crippen molar-refractivity contribution < 1.29 is 13.9 Å². The lowest BCUT2D eigenvalue weighted by Gasteiger charge is -2.24. The third-order valence-electron chi connectivity index (χ3n) is 4.73. The highest BCUT2D eigenvalue weighted by Gasteiger charge is 2.30. The molecule has 3 aromatic rings. The SMILES string of the molecule is Cc1cc(=O)oc2cc(OCC(=O)N3CCC[C@@H]3c3cccs3)ccc12. The number of aryl methyl sites for hydroxylation is 1. The van der Waals surface area contributed by atoms with Crippen LogP contribution >= 0.6 is 11.3 Å². The number of benzene rings is 1. The molecule has 0 bridgehead atoms. The topological polar surface area (TPSA) is 59.8 Å². The Labute approximate surface area is 154 Å². The van der Waals surface area contributed by atoms with Gasteiger partial charge in [-0.1, -0.05) is 6.07 Å². The van der Waals surface area contributed by atoms with Crippen molar-refractivity contribution >= 4 is 28.2 Å². The summed E-state index contributed by atoms with van der Waals surface area (Å²) in [5.74, 6) is 0.498. The van der Waals surface area contributed by atoms with E-state index in [2.05, 4.69) is 6.07 Å². The molecule has 0 unspecified atom stereocenters. The molecule has 1 aliphatic heterocycles. The van der Waals surface area contributed by atoms with E-state index >= 15 is 0 Å². The summed E-state index contributed by atoms with van der Waals surface area (Å²) in [5, 5.41) is 2.90. The highest BCUT2D eigenvalue weighted by molar-refractivity contribution is 7.10. The van der Waals surface area contributed by atoms with Gasteiger partial charge in [-0.3, -0.25) is 4.79 Å². The van der Waals surface area contributed by atoms with Crippen molar-refractivity contribution in [3.05, 3.63) is 62.6 Å². The van der Waals surface area contributed by atoms with Gasteiger partial charge < -0.3 is 14.1 Å². The van der Waals surface area contributed by atoms with Gasteiger partial charge in [0.25, 0.3) is 5.91 Å². The lowest BCUT2D eigenvalue weighted by Crippen LogP contribution is -2.34. The minimum Gasteiger partial charge on any atom is -0.484 e. The number of nitrogens with zero attached hydrogens (tertiary/aromatic N) is 1. The first-order valence-corrected chi connectivity index (χ1v) is 9.50. The molecule has 0 N–H and O–H groups in total. The Morgan fingerprint density at radius 1 is 1.35 bits per heavy atom. The van der Waals surface area contributed by atoms with Crippen LogP contribution in [0.1, 0.15) is 29.3 Å². The van der Waals surface area contributed by atoms with Gasteiger partial charge in [-0.05, 0) is 48.9 Å². The minimum absolute atomic E-state index is 0.0216. The number of carbonyl (C=O) groups excluding carboxylic acids is 1.